The van der Waals surface area contributed by atoms with Crippen LogP contribution in [0.4, 0.5) is 4.79 Å². The van der Waals surface area contributed by atoms with E-state index in [4.69, 9.17) is 9.84 Å². The Hall–Kier alpha value is -0.750. The van der Waals surface area contributed by atoms with Crippen molar-refractivity contribution in [3.63, 3.8) is 0 Å². The third-order valence-electron chi connectivity index (χ3n) is 1.86. The lowest BCUT2D eigenvalue weighted by Crippen LogP contribution is -2.28. The number of ether oxygens (including phenoxy) is 1. The molecule has 1 aliphatic rings. The summed E-state index contributed by atoms with van der Waals surface area (Å²) in [5, 5.41) is 11.9. The van der Waals surface area contributed by atoms with E-state index in [-0.39, 0.29) is 12.6 Å². The van der Waals surface area contributed by atoms with Gasteiger partial charge in [-0.05, 0) is 6.42 Å². The highest BCUT2D eigenvalue weighted by atomic mass is 32.2. The van der Waals surface area contributed by atoms with Crippen LogP contribution in [0, 0.1) is 0 Å². The molecular formula is C9H16N2O3S. The molecule has 1 atom stereocenters. The maximum atomic E-state index is 11.2. The number of hydrogen-bond acceptors (Lipinski definition) is 5. The first-order chi connectivity index (χ1) is 7.26. The molecule has 86 valence electrons. The second kappa shape index (κ2) is 6.68. The number of thioether (sulfide) groups is 1. The predicted molar refractivity (Wildman–Crippen MR) is 60.2 cm³/mol. The minimum absolute atomic E-state index is 0.0169. The van der Waals surface area contributed by atoms with Crippen LogP contribution in [0.5, 0.6) is 0 Å². The largest absolute Gasteiger partial charge is 0.449 e. The number of unbranched alkanes of at least 4 members (excludes halogenated alkanes) is 1. The number of nitrogens with one attached hydrogen (secondary N) is 1. The van der Waals surface area contributed by atoms with E-state index in [0.717, 1.165) is 12.8 Å². The summed E-state index contributed by atoms with van der Waals surface area (Å²) >= 11 is 1.42. The van der Waals surface area contributed by atoms with Gasteiger partial charge in [0.05, 0.1) is 19.3 Å². The lowest BCUT2D eigenvalue weighted by molar-refractivity contribution is 0.150. The van der Waals surface area contributed by atoms with Crippen LogP contribution in [0.1, 0.15) is 19.8 Å². The Morgan fingerprint density at radius 2 is 2.60 bits per heavy atom. The minimum atomic E-state index is -0.465. The molecule has 0 spiro atoms. The number of carbonyl (C=O) groups excluding carboxylic acids is 1. The Morgan fingerprint density at radius 3 is 3.20 bits per heavy atom. The van der Waals surface area contributed by atoms with Crippen LogP contribution in [0.15, 0.2) is 4.99 Å². The van der Waals surface area contributed by atoms with Crippen molar-refractivity contribution in [2.75, 3.05) is 19.0 Å². The standard InChI is InChI=1S/C9H16N2O3S/c1-2-3-4-14-9(13)11-8-10-7(5-12)6-15-8/h7,12H,2-6H2,1H3,(H,10,11,13). The molecule has 0 saturated carbocycles. The number of amides is 1. The van der Waals surface area contributed by atoms with Crippen LogP contribution in [0.3, 0.4) is 0 Å². The molecule has 6 heteroatoms. The maximum absolute atomic E-state index is 11.2. The van der Waals surface area contributed by atoms with Gasteiger partial charge in [0.2, 0.25) is 0 Å². The Balaban J connectivity index is 2.20. The molecule has 0 radical (unpaired) electrons. The van der Waals surface area contributed by atoms with Gasteiger partial charge >= 0.3 is 6.09 Å². The lowest BCUT2D eigenvalue weighted by atomic mass is 10.4. The molecule has 1 heterocycles. The average Bonchev–Trinajstić information content (AvgIpc) is 2.66. The zero-order valence-electron chi connectivity index (χ0n) is 8.73. The van der Waals surface area contributed by atoms with E-state index >= 15 is 0 Å². The molecule has 15 heavy (non-hydrogen) atoms. The molecular weight excluding hydrogens is 216 g/mol. The zero-order valence-corrected chi connectivity index (χ0v) is 9.55. The fraction of sp³-hybridized carbons (Fsp3) is 0.778. The summed E-state index contributed by atoms with van der Waals surface area (Å²) < 4.78 is 4.91. The average molecular weight is 232 g/mol. The lowest BCUT2D eigenvalue weighted by Gasteiger charge is -2.04. The van der Waals surface area contributed by atoms with E-state index in [9.17, 15) is 4.79 Å². The molecule has 0 aromatic heterocycles. The SMILES string of the molecule is CCCCOC(=O)NC1=NC(CO)CS1. The van der Waals surface area contributed by atoms with Crippen molar-refractivity contribution in [1.82, 2.24) is 5.32 Å². The zero-order chi connectivity index (χ0) is 11.1. The summed E-state index contributed by atoms with van der Waals surface area (Å²) in [5.41, 5.74) is 0. The Bertz CT molecular complexity index is 246. The molecule has 2 N–H and O–H groups in total. The van der Waals surface area contributed by atoms with E-state index in [1.807, 2.05) is 6.92 Å². The van der Waals surface area contributed by atoms with Crippen LogP contribution in [0.2, 0.25) is 0 Å². The molecule has 0 fully saturated rings. The molecule has 5 nitrogen and oxygen atoms in total. The molecule has 0 bridgehead atoms. The van der Waals surface area contributed by atoms with Gasteiger partial charge in [0.25, 0.3) is 0 Å². The molecule has 0 saturated heterocycles. The first kappa shape index (κ1) is 12.3. The smallest absolute Gasteiger partial charge is 0.413 e. The van der Waals surface area contributed by atoms with E-state index in [0.29, 0.717) is 17.5 Å². The summed E-state index contributed by atoms with van der Waals surface area (Å²) in [6.45, 7) is 2.48. The van der Waals surface area contributed by atoms with Crippen molar-refractivity contribution >= 4 is 23.0 Å². The highest BCUT2D eigenvalue weighted by molar-refractivity contribution is 8.14. The van der Waals surface area contributed by atoms with Gasteiger partial charge in [-0.25, -0.2) is 4.79 Å². The Morgan fingerprint density at radius 1 is 1.80 bits per heavy atom. The molecule has 1 aliphatic heterocycles. The van der Waals surface area contributed by atoms with Gasteiger partial charge in [-0.15, -0.1) is 0 Å². The van der Waals surface area contributed by atoms with Gasteiger partial charge in [0.1, 0.15) is 0 Å². The molecule has 1 amide bonds. The summed E-state index contributed by atoms with van der Waals surface area (Å²) in [4.78, 5) is 15.3. The number of aliphatic imine (C=N–C) groups is 1. The minimum Gasteiger partial charge on any atom is -0.449 e. The van der Waals surface area contributed by atoms with E-state index < -0.39 is 6.09 Å². The van der Waals surface area contributed by atoms with Crippen LogP contribution in [-0.4, -0.2) is 41.4 Å². The molecule has 0 aromatic carbocycles. The summed E-state index contributed by atoms with van der Waals surface area (Å²) in [7, 11) is 0. The number of amidine groups is 1. The number of aliphatic hydroxyl groups excluding tert-OH is 1. The van der Waals surface area contributed by atoms with Crippen molar-refractivity contribution in [1.29, 1.82) is 0 Å². The highest BCUT2D eigenvalue weighted by Gasteiger charge is 2.19. The van der Waals surface area contributed by atoms with Crippen LogP contribution in [-0.2, 0) is 4.74 Å². The summed E-state index contributed by atoms with van der Waals surface area (Å²) in [5.74, 6) is 0.709. The second-order valence-electron chi connectivity index (χ2n) is 3.20. The molecule has 0 aliphatic carbocycles. The number of rotatable bonds is 4. The second-order valence-corrected chi connectivity index (χ2v) is 4.20. The Labute approximate surface area is 93.3 Å². The fourth-order valence-corrected chi connectivity index (χ4v) is 1.92. The van der Waals surface area contributed by atoms with Gasteiger partial charge in [0, 0.05) is 5.75 Å². The van der Waals surface area contributed by atoms with Crippen LogP contribution in [0.25, 0.3) is 0 Å². The Kier molecular flexibility index (Phi) is 5.49. The van der Waals surface area contributed by atoms with Crippen molar-refractivity contribution in [3.05, 3.63) is 0 Å². The highest BCUT2D eigenvalue weighted by Crippen LogP contribution is 2.15. The summed E-state index contributed by atoms with van der Waals surface area (Å²) in [6.07, 6.45) is 1.40. The normalized spacial score (nSPS) is 19.9. The first-order valence-electron chi connectivity index (χ1n) is 5.01. The molecule has 1 rings (SSSR count). The number of alkyl carbamates (subject to hydrolysis) is 1. The first-order valence-corrected chi connectivity index (χ1v) is 6.00. The van der Waals surface area contributed by atoms with Gasteiger partial charge in [-0.2, -0.15) is 0 Å². The van der Waals surface area contributed by atoms with Crippen LogP contribution < -0.4 is 5.32 Å². The van der Waals surface area contributed by atoms with E-state index in [1.54, 1.807) is 0 Å². The topological polar surface area (TPSA) is 70.9 Å². The van der Waals surface area contributed by atoms with Crippen molar-refractivity contribution < 1.29 is 14.6 Å². The van der Waals surface area contributed by atoms with E-state index in [2.05, 4.69) is 10.3 Å². The fourth-order valence-electron chi connectivity index (χ4n) is 1.01. The van der Waals surface area contributed by atoms with Gasteiger partial charge in [-0.1, -0.05) is 25.1 Å². The maximum Gasteiger partial charge on any atom is 0.413 e. The van der Waals surface area contributed by atoms with Crippen LogP contribution >= 0.6 is 11.8 Å². The third kappa shape index (κ3) is 4.53. The number of nitrogens with zero attached hydrogens (tertiary/aromatic N) is 1. The van der Waals surface area contributed by atoms with Gasteiger partial charge in [0.15, 0.2) is 5.17 Å². The van der Waals surface area contributed by atoms with E-state index in [1.165, 1.54) is 11.8 Å². The van der Waals surface area contributed by atoms with Crippen molar-refractivity contribution in [2.24, 2.45) is 4.99 Å². The number of carbonyl (C=O) groups is 1. The predicted octanol–water partition coefficient (Wildman–Crippen LogP) is 0.976. The van der Waals surface area contributed by atoms with Crippen molar-refractivity contribution in [3.8, 4) is 0 Å². The quantitative estimate of drug-likeness (QED) is 0.709. The summed E-state index contributed by atoms with van der Waals surface area (Å²) in [6, 6.07) is -0.0964. The van der Waals surface area contributed by atoms with Crippen molar-refractivity contribution in [2.45, 2.75) is 25.8 Å². The number of aliphatic hydroxyl groups is 1. The monoisotopic (exact) mass is 232 g/mol. The molecule has 1 unspecified atom stereocenters. The third-order valence-corrected chi connectivity index (χ3v) is 2.90. The molecule has 0 aromatic rings. The number of hydrogen-bond donors (Lipinski definition) is 2. The van der Waals surface area contributed by atoms with Gasteiger partial charge in [-0.3, -0.25) is 10.3 Å². The van der Waals surface area contributed by atoms with Gasteiger partial charge < -0.3 is 9.84 Å².